The Hall–Kier alpha value is -0.810. The lowest BCUT2D eigenvalue weighted by Gasteiger charge is -2.30. The lowest BCUT2D eigenvalue weighted by molar-refractivity contribution is -0.0407. The van der Waals surface area contributed by atoms with Gasteiger partial charge in [-0.25, -0.2) is 0 Å². The first-order valence-corrected chi connectivity index (χ1v) is 6.84. The monoisotopic (exact) mass is 285 g/mol. The maximum atomic E-state index is 9.73. The SMILES string of the molecule is C[C@@H](O)c1cc(Cl)ccc1OCC1CN(C)CCO1. The van der Waals surface area contributed by atoms with Gasteiger partial charge in [0.2, 0.25) is 0 Å². The minimum atomic E-state index is -0.608. The maximum absolute atomic E-state index is 9.73. The molecule has 1 aliphatic rings. The number of halogens is 1. The Kier molecular flexibility index (Phi) is 5.05. The van der Waals surface area contributed by atoms with Crippen LogP contribution in [0.2, 0.25) is 5.02 Å². The molecule has 106 valence electrons. The maximum Gasteiger partial charge on any atom is 0.125 e. The van der Waals surface area contributed by atoms with E-state index in [1.165, 1.54) is 0 Å². The highest BCUT2D eigenvalue weighted by Gasteiger charge is 2.19. The summed E-state index contributed by atoms with van der Waals surface area (Å²) in [5.41, 5.74) is 0.705. The van der Waals surface area contributed by atoms with Gasteiger partial charge in [0.15, 0.2) is 0 Å². The van der Waals surface area contributed by atoms with Gasteiger partial charge in [0.1, 0.15) is 18.5 Å². The van der Waals surface area contributed by atoms with Crippen LogP contribution in [-0.4, -0.2) is 49.5 Å². The molecule has 2 rings (SSSR count). The number of benzene rings is 1. The summed E-state index contributed by atoms with van der Waals surface area (Å²) in [4.78, 5) is 2.22. The van der Waals surface area contributed by atoms with Crippen LogP contribution in [-0.2, 0) is 4.74 Å². The first-order valence-electron chi connectivity index (χ1n) is 6.46. The van der Waals surface area contributed by atoms with Crippen LogP contribution in [0, 0.1) is 0 Å². The number of nitrogens with zero attached hydrogens (tertiary/aromatic N) is 1. The highest BCUT2D eigenvalue weighted by atomic mass is 35.5. The molecule has 2 atom stereocenters. The van der Waals surface area contributed by atoms with E-state index < -0.39 is 6.10 Å². The van der Waals surface area contributed by atoms with Gasteiger partial charge >= 0.3 is 0 Å². The number of rotatable bonds is 4. The molecular formula is C14H20ClNO3. The van der Waals surface area contributed by atoms with E-state index in [0.717, 1.165) is 19.7 Å². The Bertz CT molecular complexity index is 425. The van der Waals surface area contributed by atoms with Crippen LogP contribution < -0.4 is 4.74 Å². The predicted octanol–water partition coefficient (Wildman–Crippen LogP) is 2.10. The first kappa shape index (κ1) is 14.6. The van der Waals surface area contributed by atoms with E-state index in [9.17, 15) is 5.11 Å². The summed E-state index contributed by atoms with van der Waals surface area (Å²) in [5, 5.41) is 10.3. The second kappa shape index (κ2) is 6.57. The smallest absolute Gasteiger partial charge is 0.125 e. The second-order valence-electron chi connectivity index (χ2n) is 4.92. The predicted molar refractivity (Wildman–Crippen MR) is 74.8 cm³/mol. The minimum Gasteiger partial charge on any atom is -0.490 e. The van der Waals surface area contributed by atoms with E-state index in [1.807, 2.05) is 0 Å². The first-order chi connectivity index (χ1) is 9.06. The van der Waals surface area contributed by atoms with Crippen LogP contribution in [0.5, 0.6) is 5.75 Å². The molecule has 1 aliphatic heterocycles. The molecule has 1 fully saturated rings. The van der Waals surface area contributed by atoms with E-state index in [-0.39, 0.29) is 6.10 Å². The molecule has 1 saturated heterocycles. The highest BCUT2D eigenvalue weighted by Crippen LogP contribution is 2.28. The fraction of sp³-hybridized carbons (Fsp3) is 0.571. The summed E-state index contributed by atoms with van der Waals surface area (Å²) in [6.45, 7) is 4.72. The highest BCUT2D eigenvalue weighted by molar-refractivity contribution is 6.30. The van der Waals surface area contributed by atoms with Crippen molar-refractivity contribution in [2.24, 2.45) is 0 Å². The van der Waals surface area contributed by atoms with Crippen LogP contribution in [0.25, 0.3) is 0 Å². The molecular weight excluding hydrogens is 266 g/mol. The van der Waals surface area contributed by atoms with Gasteiger partial charge in [-0.3, -0.25) is 0 Å². The van der Waals surface area contributed by atoms with E-state index in [4.69, 9.17) is 21.1 Å². The zero-order valence-electron chi connectivity index (χ0n) is 11.3. The van der Waals surface area contributed by atoms with Crippen LogP contribution in [0.15, 0.2) is 18.2 Å². The molecule has 5 heteroatoms. The van der Waals surface area contributed by atoms with Crippen molar-refractivity contribution in [3.63, 3.8) is 0 Å². The van der Waals surface area contributed by atoms with Crippen molar-refractivity contribution in [1.29, 1.82) is 0 Å². The third kappa shape index (κ3) is 4.08. The van der Waals surface area contributed by atoms with Crippen molar-refractivity contribution in [2.45, 2.75) is 19.1 Å². The third-order valence-corrected chi connectivity index (χ3v) is 3.42. The molecule has 4 nitrogen and oxygen atoms in total. The van der Waals surface area contributed by atoms with Crippen molar-refractivity contribution >= 4 is 11.6 Å². The molecule has 0 aliphatic carbocycles. The van der Waals surface area contributed by atoms with Gasteiger partial charge in [0.05, 0.1) is 12.7 Å². The number of hydrogen-bond acceptors (Lipinski definition) is 4. The van der Waals surface area contributed by atoms with Crippen molar-refractivity contribution in [3.05, 3.63) is 28.8 Å². The lowest BCUT2D eigenvalue weighted by Crippen LogP contribution is -2.42. The number of likely N-dealkylation sites (N-methyl/N-ethyl adjacent to an activating group) is 1. The molecule has 0 aromatic heterocycles. The molecule has 1 unspecified atom stereocenters. The molecule has 0 spiro atoms. The van der Waals surface area contributed by atoms with Gasteiger partial charge in [-0.05, 0) is 32.2 Å². The Labute approximate surface area is 118 Å². The largest absolute Gasteiger partial charge is 0.490 e. The summed E-state index contributed by atoms with van der Waals surface area (Å²) in [6.07, 6.45) is -0.542. The fourth-order valence-corrected chi connectivity index (χ4v) is 2.31. The van der Waals surface area contributed by atoms with Crippen molar-refractivity contribution in [2.75, 3.05) is 33.4 Å². The Morgan fingerprint density at radius 2 is 2.37 bits per heavy atom. The summed E-state index contributed by atoms with van der Waals surface area (Å²) in [5.74, 6) is 0.663. The molecule has 1 N–H and O–H groups in total. The van der Waals surface area contributed by atoms with Gasteiger partial charge in [-0.15, -0.1) is 0 Å². The number of hydrogen-bond donors (Lipinski definition) is 1. The van der Waals surface area contributed by atoms with Crippen LogP contribution >= 0.6 is 11.6 Å². The van der Waals surface area contributed by atoms with Crippen molar-refractivity contribution < 1.29 is 14.6 Å². The van der Waals surface area contributed by atoms with Gasteiger partial charge < -0.3 is 19.5 Å². The molecule has 0 amide bonds. The average molecular weight is 286 g/mol. The topological polar surface area (TPSA) is 41.9 Å². The van der Waals surface area contributed by atoms with E-state index in [2.05, 4.69) is 11.9 Å². The Morgan fingerprint density at radius 3 is 3.05 bits per heavy atom. The Morgan fingerprint density at radius 1 is 1.58 bits per heavy atom. The average Bonchev–Trinajstić information content (AvgIpc) is 2.37. The Balaban J connectivity index is 1.99. The number of morpholine rings is 1. The van der Waals surface area contributed by atoms with Gasteiger partial charge in [0, 0.05) is 23.7 Å². The van der Waals surface area contributed by atoms with E-state index >= 15 is 0 Å². The molecule has 1 aromatic carbocycles. The molecule has 0 saturated carbocycles. The van der Waals surface area contributed by atoms with Gasteiger partial charge in [-0.2, -0.15) is 0 Å². The summed E-state index contributed by atoms with van der Waals surface area (Å²) < 4.78 is 11.4. The number of ether oxygens (including phenoxy) is 2. The summed E-state index contributed by atoms with van der Waals surface area (Å²) >= 11 is 5.93. The summed E-state index contributed by atoms with van der Waals surface area (Å²) in [7, 11) is 2.07. The van der Waals surface area contributed by atoms with Crippen molar-refractivity contribution in [3.8, 4) is 5.75 Å². The minimum absolute atomic E-state index is 0.0660. The van der Waals surface area contributed by atoms with Gasteiger partial charge in [0.25, 0.3) is 0 Å². The number of aliphatic hydroxyl groups is 1. The van der Waals surface area contributed by atoms with Crippen LogP contribution in [0.3, 0.4) is 0 Å². The van der Waals surface area contributed by atoms with Crippen molar-refractivity contribution in [1.82, 2.24) is 4.90 Å². The van der Waals surface area contributed by atoms with E-state index in [0.29, 0.717) is 22.9 Å². The molecule has 1 heterocycles. The third-order valence-electron chi connectivity index (χ3n) is 3.19. The van der Waals surface area contributed by atoms with Gasteiger partial charge in [-0.1, -0.05) is 11.6 Å². The lowest BCUT2D eigenvalue weighted by atomic mass is 10.1. The van der Waals surface area contributed by atoms with Crippen LogP contribution in [0.4, 0.5) is 0 Å². The zero-order valence-corrected chi connectivity index (χ0v) is 12.1. The normalized spacial score (nSPS) is 22.2. The van der Waals surface area contributed by atoms with E-state index in [1.54, 1.807) is 25.1 Å². The summed E-state index contributed by atoms with van der Waals surface area (Å²) in [6, 6.07) is 5.28. The molecule has 1 aromatic rings. The van der Waals surface area contributed by atoms with Crippen LogP contribution in [0.1, 0.15) is 18.6 Å². The quantitative estimate of drug-likeness (QED) is 0.920. The number of aliphatic hydroxyl groups excluding tert-OH is 1. The fourth-order valence-electron chi connectivity index (χ4n) is 2.13. The molecule has 19 heavy (non-hydrogen) atoms. The standard InChI is InChI=1S/C14H20ClNO3/c1-10(17)13-7-11(15)3-4-14(13)19-9-12-8-16(2)5-6-18-12/h3-4,7,10,12,17H,5-6,8-9H2,1-2H3/t10-,12?/m1/s1. The molecule has 0 radical (unpaired) electrons. The zero-order chi connectivity index (χ0) is 13.8. The molecule has 0 bridgehead atoms. The second-order valence-corrected chi connectivity index (χ2v) is 5.36.